The first-order valence-corrected chi connectivity index (χ1v) is 9.19. The lowest BCUT2D eigenvalue weighted by molar-refractivity contribution is -0.150. The van der Waals surface area contributed by atoms with Crippen LogP contribution in [-0.2, 0) is 21.4 Å². The van der Waals surface area contributed by atoms with E-state index in [4.69, 9.17) is 4.74 Å². The first-order chi connectivity index (χ1) is 10.8. The van der Waals surface area contributed by atoms with Crippen molar-refractivity contribution in [2.45, 2.75) is 24.5 Å². The highest BCUT2D eigenvalue weighted by Crippen LogP contribution is 2.42. The minimum absolute atomic E-state index is 0.0159. The maximum atomic E-state index is 11.9. The van der Waals surface area contributed by atoms with Crippen LogP contribution in [0.3, 0.4) is 0 Å². The normalized spacial score (nSPS) is 28.2. The Morgan fingerprint density at radius 2 is 2.04 bits per heavy atom. The summed E-state index contributed by atoms with van der Waals surface area (Å²) < 4.78 is 30.1. The monoisotopic (exact) mass is 340 g/mol. The molecular formula is C15H20N2O5S. The second kappa shape index (κ2) is 5.47. The Bertz CT molecular complexity index is 718. The van der Waals surface area contributed by atoms with Crippen molar-refractivity contribution in [3.05, 3.63) is 29.8 Å². The van der Waals surface area contributed by atoms with E-state index in [9.17, 15) is 18.3 Å². The molecule has 0 aromatic heterocycles. The summed E-state index contributed by atoms with van der Waals surface area (Å²) in [7, 11) is -1.79. The van der Waals surface area contributed by atoms with Gasteiger partial charge in [0.15, 0.2) is 0 Å². The summed E-state index contributed by atoms with van der Waals surface area (Å²) >= 11 is 0. The molecule has 2 aliphatic heterocycles. The second-order valence-corrected chi connectivity index (χ2v) is 8.17. The second-order valence-electron chi connectivity index (χ2n) is 6.23. The molecule has 1 unspecified atom stereocenters. The molecule has 0 aliphatic carbocycles. The van der Waals surface area contributed by atoms with E-state index in [1.807, 2.05) is 29.2 Å². The molecule has 2 saturated heterocycles. The molecule has 0 saturated carbocycles. The summed E-state index contributed by atoms with van der Waals surface area (Å²) in [6.45, 7) is 0.928. The van der Waals surface area contributed by atoms with Gasteiger partial charge >= 0.3 is 5.97 Å². The van der Waals surface area contributed by atoms with Gasteiger partial charge < -0.3 is 9.84 Å². The van der Waals surface area contributed by atoms with Crippen LogP contribution in [0, 0.1) is 0 Å². The molecular weight excluding hydrogens is 320 g/mol. The molecule has 1 aromatic carbocycles. The van der Waals surface area contributed by atoms with Crippen molar-refractivity contribution in [3.63, 3.8) is 0 Å². The number of rotatable bonds is 5. The fraction of sp³-hybridized carbons (Fsp3) is 0.533. The quantitative estimate of drug-likeness (QED) is 0.833. The zero-order valence-corrected chi connectivity index (χ0v) is 13.9. The first-order valence-electron chi connectivity index (χ1n) is 7.34. The van der Waals surface area contributed by atoms with Crippen LogP contribution in [0.25, 0.3) is 0 Å². The third-order valence-electron chi connectivity index (χ3n) is 4.79. The summed E-state index contributed by atoms with van der Waals surface area (Å²) in [5.74, 6) is -0.215. The van der Waals surface area contributed by atoms with Gasteiger partial charge in [-0.15, -0.1) is 0 Å². The number of carbonyl (C=O) groups is 1. The minimum atomic E-state index is -3.38. The molecule has 0 radical (unpaired) electrons. The van der Waals surface area contributed by atoms with Gasteiger partial charge in [0.1, 0.15) is 11.3 Å². The molecule has 0 amide bonds. The van der Waals surface area contributed by atoms with E-state index in [-0.39, 0.29) is 12.6 Å². The molecule has 126 valence electrons. The van der Waals surface area contributed by atoms with E-state index < -0.39 is 21.5 Å². The van der Waals surface area contributed by atoms with E-state index in [0.717, 1.165) is 17.6 Å². The van der Waals surface area contributed by atoms with Crippen LogP contribution in [-0.4, -0.2) is 66.7 Å². The Balaban J connectivity index is 1.83. The van der Waals surface area contributed by atoms with Crippen molar-refractivity contribution >= 4 is 16.0 Å². The predicted octanol–water partition coefficient (Wildman–Crippen LogP) is 0.368. The molecule has 2 atom stereocenters. The van der Waals surface area contributed by atoms with Crippen LogP contribution < -0.4 is 4.74 Å². The fourth-order valence-electron chi connectivity index (χ4n) is 3.60. The van der Waals surface area contributed by atoms with Crippen LogP contribution in [0.4, 0.5) is 0 Å². The van der Waals surface area contributed by atoms with Gasteiger partial charge in [-0.25, -0.2) is 8.42 Å². The Morgan fingerprint density at radius 1 is 1.39 bits per heavy atom. The number of methoxy groups -OCH3 is 1. The van der Waals surface area contributed by atoms with Crippen LogP contribution in [0.5, 0.6) is 5.75 Å². The summed E-state index contributed by atoms with van der Waals surface area (Å²) in [4.78, 5) is 13.8. The van der Waals surface area contributed by atoms with E-state index in [0.29, 0.717) is 19.5 Å². The van der Waals surface area contributed by atoms with Crippen LogP contribution in [0.2, 0.25) is 0 Å². The number of ether oxygens (including phenoxy) is 1. The summed E-state index contributed by atoms with van der Waals surface area (Å²) in [5.41, 5.74) is -0.155. The molecule has 8 heteroatoms. The number of aliphatic carboxylic acids is 1. The number of sulfonamides is 1. The molecule has 7 nitrogen and oxygen atoms in total. The smallest absolute Gasteiger partial charge is 0.325 e. The van der Waals surface area contributed by atoms with Crippen LogP contribution >= 0.6 is 0 Å². The topological polar surface area (TPSA) is 87.2 Å². The third kappa shape index (κ3) is 2.71. The number of likely N-dealkylation sites (tertiary alicyclic amines) is 1. The van der Waals surface area contributed by atoms with Gasteiger partial charge in [0, 0.05) is 25.7 Å². The van der Waals surface area contributed by atoms with Gasteiger partial charge in [-0.05, 0) is 24.1 Å². The van der Waals surface area contributed by atoms with Crippen molar-refractivity contribution in [3.8, 4) is 5.75 Å². The number of nitrogens with zero attached hydrogens (tertiary/aromatic N) is 2. The predicted molar refractivity (Wildman–Crippen MR) is 83.7 cm³/mol. The molecule has 2 heterocycles. The van der Waals surface area contributed by atoms with Crippen molar-refractivity contribution in [2.24, 2.45) is 0 Å². The largest absolute Gasteiger partial charge is 0.497 e. The highest BCUT2D eigenvalue weighted by molar-refractivity contribution is 7.88. The number of hydrogen-bond acceptors (Lipinski definition) is 5. The van der Waals surface area contributed by atoms with Gasteiger partial charge in [0.25, 0.3) is 0 Å². The number of benzene rings is 1. The lowest BCUT2D eigenvalue weighted by atomic mass is 9.98. The Labute approximate surface area is 135 Å². The molecule has 0 spiro atoms. The fourth-order valence-corrected chi connectivity index (χ4v) is 4.73. The van der Waals surface area contributed by atoms with E-state index >= 15 is 0 Å². The summed E-state index contributed by atoms with van der Waals surface area (Å²) in [6, 6.07) is 7.20. The van der Waals surface area contributed by atoms with Crippen molar-refractivity contribution in [1.82, 2.24) is 9.21 Å². The number of carboxylic acid groups (broad SMARTS) is 1. The number of hydrogen-bond donors (Lipinski definition) is 1. The SMILES string of the molecule is COc1ccc(CN2C[C@@H]3CC2(C(=O)O)CN3S(C)(=O)=O)cc1. The zero-order valence-electron chi connectivity index (χ0n) is 13.1. The highest BCUT2D eigenvalue weighted by atomic mass is 32.2. The average Bonchev–Trinajstić information content (AvgIpc) is 3.04. The maximum Gasteiger partial charge on any atom is 0.325 e. The summed E-state index contributed by atoms with van der Waals surface area (Å²) in [6.07, 6.45) is 1.47. The number of fused-ring (bicyclic) bond motifs is 2. The molecule has 2 fully saturated rings. The van der Waals surface area contributed by atoms with E-state index in [1.165, 1.54) is 4.31 Å². The van der Waals surface area contributed by atoms with Crippen LogP contribution in [0.1, 0.15) is 12.0 Å². The van der Waals surface area contributed by atoms with Crippen molar-refractivity contribution < 1.29 is 23.1 Å². The van der Waals surface area contributed by atoms with Gasteiger partial charge in [0.05, 0.1) is 13.4 Å². The first kappa shape index (κ1) is 16.2. The van der Waals surface area contributed by atoms with E-state index in [1.54, 1.807) is 7.11 Å². The Morgan fingerprint density at radius 3 is 2.57 bits per heavy atom. The molecule has 1 aromatic rings. The number of carboxylic acids is 1. The number of piperazine rings is 1. The molecule has 23 heavy (non-hydrogen) atoms. The van der Waals surface area contributed by atoms with Crippen molar-refractivity contribution in [2.75, 3.05) is 26.5 Å². The van der Waals surface area contributed by atoms with Crippen LogP contribution in [0.15, 0.2) is 24.3 Å². The van der Waals surface area contributed by atoms with Gasteiger partial charge in [-0.3, -0.25) is 9.69 Å². The molecule has 2 bridgehead atoms. The Hall–Kier alpha value is -1.64. The van der Waals surface area contributed by atoms with Crippen molar-refractivity contribution in [1.29, 1.82) is 0 Å². The van der Waals surface area contributed by atoms with Gasteiger partial charge in [-0.1, -0.05) is 12.1 Å². The maximum absolute atomic E-state index is 11.9. The highest BCUT2D eigenvalue weighted by Gasteiger charge is 2.61. The van der Waals surface area contributed by atoms with E-state index in [2.05, 4.69) is 0 Å². The standard InChI is InChI=1S/C15H20N2O5S/c1-22-13-5-3-11(4-6-13)8-16-9-12-7-15(16,14(18)19)10-17(12)23(2,20)21/h3-6,12H,7-10H2,1-2H3,(H,18,19)/t12-,15?/m0/s1. The molecule has 1 N–H and O–H groups in total. The lowest BCUT2D eigenvalue weighted by Gasteiger charge is -2.38. The molecule has 2 aliphatic rings. The average molecular weight is 340 g/mol. The van der Waals surface area contributed by atoms with Gasteiger partial charge in [0.2, 0.25) is 10.0 Å². The summed E-state index contributed by atoms with van der Waals surface area (Å²) in [5, 5.41) is 9.72. The third-order valence-corrected chi connectivity index (χ3v) is 6.07. The van der Waals surface area contributed by atoms with Gasteiger partial charge in [-0.2, -0.15) is 4.31 Å². The minimum Gasteiger partial charge on any atom is -0.497 e. The Kier molecular flexibility index (Phi) is 3.86. The molecule has 3 rings (SSSR count). The lowest BCUT2D eigenvalue weighted by Crippen LogP contribution is -2.58. The zero-order chi connectivity index (χ0) is 16.8.